The number of nitrogens with one attached hydrogen (secondary N) is 2. The topological polar surface area (TPSA) is 84.0 Å². The van der Waals surface area contributed by atoms with E-state index in [2.05, 4.69) is 34.7 Å². The first kappa shape index (κ1) is 19.6. The van der Waals surface area contributed by atoms with Gasteiger partial charge in [0.25, 0.3) is 5.91 Å². The third-order valence-corrected chi connectivity index (χ3v) is 5.16. The largest absolute Gasteiger partial charge is 0.343 e. The SMILES string of the molecule is CCC(CC)c1nnc(NC(=O)CNC(=O)c2ccc(Cl)cc2Cl)s1. The number of amides is 2. The summed E-state index contributed by atoms with van der Waals surface area (Å²) in [6.07, 6.45) is 1.94. The van der Waals surface area contributed by atoms with Crippen molar-refractivity contribution in [2.45, 2.75) is 32.6 Å². The maximum Gasteiger partial charge on any atom is 0.253 e. The molecule has 0 radical (unpaired) electrons. The Hall–Kier alpha value is -1.70. The van der Waals surface area contributed by atoms with Gasteiger partial charge in [0.2, 0.25) is 11.0 Å². The molecule has 0 saturated carbocycles. The molecule has 0 saturated heterocycles. The number of halogens is 2. The lowest BCUT2D eigenvalue weighted by atomic mass is 10.1. The van der Waals surface area contributed by atoms with E-state index in [1.807, 2.05) is 0 Å². The average Bonchev–Trinajstić information content (AvgIpc) is 3.02. The first-order valence-electron chi connectivity index (χ1n) is 7.81. The summed E-state index contributed by atoms with van der Waals surface area (Å²) in [5.41, 5.74) is 0.255. The minimum Gasteiger partial charge on any atom is -0.343 e. The van der Waals surface area contributed by atoms with E-state index in [0.717, 1.165) is 17.8 Å². The van der Waals surface area contributed by atoms with Crippen molar-refractivity contribution in [3.05, 3.63) is 38.8 Å². The molecular weight excluding hydrogens is 383 g/mol. The molecule has 2 N–H and O–H groups in total. The van der Waals surface area contributed by atoms with Crippen molar-refractivity contribution in [3.63, 3.8) is 0 Å². The van der Waals surface area contributed by atoms with Crippen LogP contribution in [0.3, 0.4) is 0 Å². The number of benzene rings is 1. The summed E-state index contributed by atoms with van der Waals surface area (Å²) in [5.74, 6) is -0.493. The van der Waals surface area contributed by atoms with Crippen LogP contribution in [0.5, 0.6) is 0 Å². The number of hydrogen-bond donors (Lipinski definition) is 2. The lowest BCUT2D eigenvalue weighted by Crippen LogP contribution is -2.33. The van der Waals surface area contributed by atoms with Crippen LogP contribution in [-0.4, -0.2) is 28.6 Å². The molecule has 134 valence electrons. The number of aromatic nitrogens is 2. The molecule has 2 rings (SSSR count). The van der Waals surface area contributed by atoms with Crippen molar-refractivity contribution in [3.8, 4) is 0 Å². The Kier molecular flexibility index (Phi) is 7.16. The minimum absolute atomic E-state index is 0.197. The van der Waals surface area contributed by atoms with E-state index in [1.165, 1.54) is 23.5 Å². The molecule has 0 bridgehead atoms. The molecule has 0 spiro atoms. The maximum absolute atomic E-state index is 12.1. The molecular formula is C16H18Cl2N4O2S. The van der Waals surface area contributed by atoms with Crippen LogP contribution in [-0.2, 0) is 4.79 Å². The normalized spacial score (nSPS) is 10.8. The average molecular weight is 401 g/mol. The highest BCUT2D eigenvalue weighted by Gasteiger charge is 2.16. The van der Waals surface area contributed by atoms with E-state index in [9.17, 15) is 9.59 Å². The molecule has 6 nitrogen and oxygen atoms in total. The Balaban J connectivity index is 1.89. The third kappa shape index (κ3) is 5.39. The van der Waals surface area contributed by atoms with E-state index in [4.69, 9.17) is 23.2 Å². The molecule has 1 heterocycles. The fourth-order valence-corrected chi connectivity index (χ4v) is 3.70. The Morgan fingerprint density at radius 1 is 1.20 bits per heavy atom. The van der Waals surface area contributed by atoms with Gasteiger partial charge in [-0.05, 0) is 31.0 Å². The van der Waals surface area contributed by atoms with Gasteiger partial charge in [0.1, 0.15) is 5.01 Å². The van der Waals surface area contributed by atoms with Crippen molar-refractivity contribution < 1.29 is 9.59 Å². The van der Waals surface area contributed by atoms with Gasteiger partial charge in [-0.15, -0.1) is 10.2 Å². The van der Waals surface area contributed by atoms with Gasteiger partial charge in [0.05, 0.1) is 17.1 Å². The quantitative estimate of drug-likeness (QED) is 0.731. The second kappa shape index (κ2) is 9.12. The van der Waals surface area contributed by atoms with Crippen molar-refractivity contribution in [2.24, 2.45) is 0 Å². The predicted octanol–water partition coefficient (Wildman–Crippen LogP) is 4.12. The van der Waals surface area contributed by atoms with Crippen LogP contribution in [0.25, 0.3) is 0 Å². The van der Waals surface area contributed by atoms with Gasteiger partial charge in [-0.25, -0.2) is 0 Å². The summed E-state index contributed by atoms with van der Waals surface area (Å²) in [6, 6.07) is 4.53. The van der Waals surface area contributed by atoms with Gasteiger partial charge in [-0.3, -0.25) is 14.9 Å². The molecule has 0 aliphatic heterocycles. The van der Waals surface area contributed by atoms with Gasteiger partial charge in [0.15, 0.2) is 0 Å². The lowest BCUT2D eigenvalue weighted by molar-refractivity contribution is -0.115. The highest BCUT2D eigenvalue weighted by atomic mass is 35.5. The van der Waals surface area contributed by atoms with Crippen LogP contribution in [0, 0.1) is 0 Å². The second-order valence-electron chi connectivity index (χ2n) is 5.31. The van der Waals surface area contributed by atoms with Crippen LogP contribution in [0.1, 0.15) is 48.0 Å². The predicted molar refractivity (Wildman–Crippen MR) is 101 cm³/mol. The van der Waals surface area contributed by atoms with Crippen molar-refractivity contribution >= 4 is 51.5 Å². The highest BCUT2D eigenvalue weighted by molar-refractivity contribution is 7.15. The van der Waals surface area contributed by atoms with E-state index in [1.54, 1.807) is 6.07 Å². The molecule has 2 amide bonds. The van der Waals surface area contributed by atoms with E-state index in [0.29, 0.717) is 16.1 Å². The van der Waals surface area contributed by atoms with E-state index >= 15 is 0 Å². The second-order valence-corrected chi connectivity index (χ2v) is 7.17. The molecule has 0 unspecified atom stereocenters. The molecule has 0 fully saturated rings. The Bertz CT molecular complexity index is 762. The summed E-state index contributed by atoms with van der Waals surface area (Å²) in [5, 5.41) is 15.2. The van der Waals surface area contributed by atoms with Gasteiger partial charge < -0.3 is 5.32 Å². The zero-order chi connectivity index (χ0) is 18.4. The summed E-state index contributed by atoms with van der Waals surface area (Å²) >= 11 is 13.1. The highest BCUT2D eigenvalue weighted by Crippen LogP contribution is 2.28. The van der Waals surface area contributed by atoms with Crippen molar-refractivity contribution in [1.29, 1.82) is 0 Å². The summed E-state index contributed by atoms with van der Waals surface area (Å²) in [7, 11) is 0. The van der Waals surface area contributed by atoms with Crippen LogP contribution in [0.15, 0.2) is 18.2 Å². The van der Waals surface area contributed by atoms with E-state index < -0.39 is 5.91 Å². The van der Waals surface area contributed by atoms with Crippen LogP contribution in [0.2, 0.25) is 10.0 Å². The first-order valence-corrected chi connectivity index (χ1v) is 9.38. The first-order chi connectivity index (χ1) is 11.9. The van der Waals surface area contributed by atoms with E-state index in [-0.39, 0.29) is 23.0 Å². The molecule has 0 atom stereocenters. The van der Waals surface area contributed by atoms with Crippen LogP contribution < -0.4 is 10.6 Å². The third-order valence-electron chi connectivity index (χ3n) is 3.61. The molecule has 25 heavy (non-hydrogen) atoms. The molecule has 2 aromatic rings. The molecule has 1 aromatic carbocycles. The van der Waals surface area contributed by atoms with Crippen molar-refractivity contribution in [2.75, 3.05) is 11.9 Å². The Labute approximate surface area is 159 Å². The Morgan fingerprint density at radius 2 is 1.92 bits per heavy atom. The molecule has 9 heteroatoms. The monoisotopic (exact) mass is 400 g/mol. The number of nitrogens with zero attached hydrogens (tertiary/aromatic N) is 2. The Morgan fingerprint density at radius 3 is 2.56 bits per heavy atom. The number of carbonyl (C=O) groups is 2. The molecule has 0 aliphatic rings. The van der Waals surface area contributed by atoms with Gasteiger partial charge >= 0.3 is 0 Å². The number of carbonyl (C=O) groups excluding carboxylic acids is 2. The molecule has 1 aromatic heterocycles. The standard InChI is InChI=1S/C16H18Cl2N4O2S/c1-3-9(4-2)15-21-22-16(25-15)20-13(23)8-19-14(24)11-6-5-10(17)7-12(11)18/h5-7,9H,3-4,8H2,1-2H3,(H,19,24)(H,20,22,23). The number of rotatable bonds is 7. The number of anilines is 1. The minimum atomic E-state index is -0.452. The zero-order valence-corrected chi connectivity index (χ0v) is 16.1. The fourth-order valence-electron chi connectivity index (χ4n) is 2.18. The smallest absolute Gasteiger partial charge is 0.253 e. The summed E-state index contributed by atoms with van der Waals surface area (Å²) < 4.78 is 0. The maximum atomic E-state index is 12.1. The zero-order valence-electron chi connectivity index (χ0n) is 13.8. The molecule has 0 aliphatic carbocycles. The summed E-state index contributed by atoms with van der Waals surface area (Å²) in [6.45, 7) is 3.98. The van der Waals surface area contributed by atoms with Gasteiger partial charge in [-0.2, -0.15) is 0 Å². The number of hydrogen-bond acceptors (Lipinski definition) is 5. The lowest BCUT2D eigenvalue weighted by Gasteiger charge is -2.07. The van der Waals surface area contributed by atoms with Crippen LogP contribution in [0.4, 0.5) is 5.13 Å². The van der Waals surface area contributed by atoms with Crippen LogP contribution >= 0.6 is 34.5 Å². The van der Waals surface area contributed by atoms with Crippen molar-refractivity contribution in [1.82, 2.24) is 15.5 Å². The fraction of sp³-hybridized carbons (Fsp3) is 0.375. The summed E-state index contributed by atoms with van der Waals surface area (Å²) in [4.78, 5) is 24.0. The van der Waals surface area contributed by atoms with Gasteiger partial charge in [0, 0.05) is 10.9 Å². The van der Waals surface area contributed by atoms with Gasteiger partial charge in [-0.1, -0.05) is 48.4 Å².